The SMILES string of the molecule is CCCN(Cc1ccc(C)cc1)C(=O)[C@H](N)C(C)(C)C. The molecule has 0 aromatic heterocycles. The predicted octanol–water partition coefficient (Wildman–Crippen LogP) is 3.11. The molecule has 0 fully saturated rings. The van der Waals surface area contributed by atoms with E-state index in [0.29, 0.717) is 6.54 Å². The second-order valence-electron chi connectivity index (χ2n) is 6.59. The van der Waals surface area contributed by atoms with Crippen LogP contribution >= 0.6 is 0 Å². The highest BCUT2D eigenvalue weighted by atomic mass is 16.2. The quantitative estimate of drug-likeness (QED) is 0.898. The van der Waals surface area contributed by atoms with Gasteiger partial charge in [-0.1, -0.05) is 57.5 Å². The number of hydrogen-bond donors (Lipinski definition) is 1. The van der Waals surface area contributed by atoms with Gasteiger partial charge in [0.1, 0.15) is 0 Å². The smallest absolute Gasteiger partial charge is 0.240 e. The van der Waals surface area contributed by atoms with Crippen LogP contribution in [0.4, 0.5) is 0 Å². The molecular weight excluding hydrogens is 248 g/mol. The van der Waals surface area contributed by atoms with Crippen LogP contribution in [0.2, 0.25) is 0 Å². The van der Waals surface area contributed by atoms with E-state index in [9.17, 15) is 4.79 Å². The number of nitrogens with two attached hydrogens (primary N) is 1. The lowest BCUT2D eigenvalue weighted by atomic mass is 9.86. The second-order valence-corrected chi connectivity index (χ2v) is 6.59. The van der Waals surface area contributed by atoms with Crippen molar-refractivity contribution in [2.45, 2.75) is 53.6 Å². The van der Waals surface area contributed by atoms with E-state index in [1.807, 2.05) is 25.7 Å². The summed E-state index contributed by atoms with van der Waals surface area (Å²) in [5.74, 6) is 0.0416. The molecule has 0 spiro atoms. The van der Waals surface area contributed by atoms with Crippen LogP contribution in [0.5, 0.6) is 0 Å². The Bertz CT molecular complexity index is 431. The minimum absolute atomic E-state index is 0.0416. The Morgan fingerprint density at radius 1 is 1.25 bits per heavy atom. The first-order chi connectivity index (χ1) is 9.25. The fourth-order valence-electron chi connectivity index (χ4n) is 2.02. The Morgan fingerprint density at radius 2 is 1.80 bits per heavy atom. The van der Waals surface area contributed by atoms with Gasteiger partial charge < -0.3 is 10.6 Å². The van der Waals surface area contributed by atoms with Crippen LogP contribution in [0.1, 0.15) is 45.2 Å². The molecule has 1 atom stereocenters. The van der Waals surface area contributed by atoms with E-state index in [0.717, 1.165) is 18.5 Å². The van der Waals surface area contributed by atoms with Gasteiger partial charge in [-0.3, -0.25) is 4.79 Å². The van der Waals surface area contributed by atoms with E-state index in [1.54, 1.807) is 0 Å². The van der Waals surface area contributed by atoms with Gasteiger partial charge >= 0.3 is 0 Å². The fraction of sp³-hybridized carbons (Fsp3) is 0.588. The zero-order chi connectivity index (χ0) is 15.3. The summed E-state index contributed by atoms with van der Waals surface area (Å²) in [7, 11) is 0. The number of aryl methyl sites for hydroxylation is 1. The summed E-state index contributed by atoms with van der Waals surface area (Å²) in [5, 5.41) is 0. The molecule has 112 valence electrons. The highest BCUT2D eigenvalue weighted by Gasteiger charge is 2.30. The minimum atomic E-state index is -0.459. The molecule has 0 bridgehead atoms. The third kappa shape index (κ3) is 4.64. The lowest BCUT2D eigenvalue weighted by Crippen LogP contribution is -2.50. The van der Waals surface area contributed by atoms with Crippen molar-refractivity contribution >= 4 is 5.91 Å². The van der Waals surface area contributed by atoms with Gasteiger partial charge in [-0.25, -0.2) is 0 Å². The third-order valence-corrected chi connectivity index (χ3v) is 3.50. The van der Waals surface area contributed by atoms with Crippen LogP contribution in [0.25, 0.3) is 0 Å². The standard InChI is InChI=1S/C17H28N2O/c1-6-11-19(16(20)15(18)17(3,4)5)12-14-9-7-13(2)8-10-14/h7-10,15H,6,11-12,18H2,1-5H3/t15-/m0/s1. The normalized spacial score (nSPS) is 13.1. The molecule has 2 N–H and O–H groups in total. The van der Waals surface area contributed by atoms with Crippen molar-refractivity contribution in [2.75, 3.05) is 6.54 Å². The van der Waals surface area contributed by atoms with Crippen molar-refractivity contribution in [2.24, 2.45) is 11.1 Å². The van der Waals surface area contributed by atoms with E-state index in [-0.39, 0.29) is 11.3 Å². The summed E-state index contributed by atoms with van der Waals surface area (Å²) in [6.07, 6.45) is 0.939. The Balaban J connectivity index is 2.83. The zero-order valence-electron chi connectivity index (χ0n) is 13.4. The average Bonchev–Trinajstić information content (AvgIpc) is 2.38. The first-order valence-electron chi connectivity index (χ1n) is 7.35. The predicted molar refractivity (Wildman–Crippen MR) is 84.3 cm³/mol. The van der Waals surface area contributed by atoms with Gasteiger partial charge in [0.05, 0.1) is 6.04 Å². The molecule has 1 amide bonds. The lowest BCUT2D eigenvalue weighted by Gasteiger charge is -2.32. The number of amides is 1. The number of carbonyl (C=O) groups is 1. The average molecular weight is 276 g/mol. The highest BCUT2D eigenvalue weighted by Crippen LogP contribution is 2.20. The first-order valence-corrected chi connectivity index (χ1v) is 7.35. The maximum absolute atomic E-state index is 12.6. The molecule has 1 aromatic rings. The van der Waals surface area contributed by atoms with Crippen LogP contribution < -0.4 is 5.73 Å². The summed E-state index contributed by atoms with van der Waals surface area (Å²) < 4.78 is 0. The van der Waals surface area contributed by atoms with Crippen LogP contribution in [0.3, 0.4) is 0 Å². The maximum atomic E-state index is 12.6. The molecule has 1 aromatic carbocycles. The number of nitrogens with zero attached hydrogens (tertiary/aromatic N) is 1. The molecule has 0 heterocycles. The molecule has 0 aliphatic heterocycles. The minimum Gasteiger partial charge on any atom is -0.337 e. The van der Waals surface area contributed by atoms with Crippen LogP contribution in [-0.4, -0.2) is 23.4 Å². The van der Waals surface area contributed by atoms with Crippen LogP contribution in [0, 0.1) is 12.3 Å². The van der Waals surface area contributed by atoms with Crippen molar-refractivity contribution in [3.8, 4) is 0 Å². The van der Waals surface area contributed by atoms with E-state index in [4.69, 9.17) is 5.73 Å². The van der Waals surface area contributed by atoms with Crippen molar-refractivity contribution in [3.05, 3.63) is 35.4 Å². The van der Waals surface area contributed by atoms with Gasteiger partial charge in [-0.2, -0.15) is 0 Å². The molecule has 0 saturated carbocycles. The Kier molecular flexibility index (Phi) is 5.75. The zero-order valence-corrected chi connectivity index (χ0v) is 13.4. The van der Waals surface area contributed by atoms with Gasteiger partial charge in [0.25, 0.3) is 0 Å². The fourth-order valence-corrected chi connectivity index (χ4v) is 2.02. The van der Waals surface area contributed by atoms with Crippen molar-refractivity contribution < 1.29 is 4.79 Å². The monoisotopic (exact) mass is 276 g/mol. The topological polar surface area (TPSA) is 46.3 Å². The molecule has 0 radical (unpaired) electrons. The van der Waals surface area contributed by atoms with Gasteiger partial charge in [-0.15, -0.1) is 0 Å². The molecule has 0 saturated heterocycles. The number of hydrogen-bond acceptors (Lipinski definition) is 2. The van der Waals surface area contributed by atoms with Crippen LogP contribution in [-0.2, 0) is 11.3 Å². The molecular formula is C17H28N2O. The number of benzene rings is 1. The Hall–Kier alpha value is -1.35. The largest absolute Gasteiger partial charge is 0.337 e. The molecule has 3 nitrogen and oxygen atoms in total. The summed E-state index contributed by atoms with van der Waals surface area (Å²) in [6, 6.07) is 7.85. The summed E-state index contributed by atoms with van der Waals surface area (Å²) in [6.45, 7) is 11.5. The van der Waals surface area contributed by atoms with Crippen LogP contribution in [0.15, 0.2) is 24.3 Å². The first kappa shape index (κ1) is 16.7. The third-order valence-electron chi connectivity index (χ3n) is 3.50. The van der Waals surface area contributed by atoms with E-state index >= 15 is 0 Å². The number of rotatable bonds is 5. The van der Waals surface area contributed by atoms with Gasteiger partial charge in [0, 0.05) is 13.1 Å². The molecule has 20 heavy (non-hydrogen) atoms. The van der Waals surface area contributed by atoms with Gasteiger partial charge in [0.2, 0.25) is 5.91 Å². The van der Waals surface area contributed by atoms with E-state index < -0.39 is 6.04 Å². The molecule has 0 aliphatic rings. The molecule has 0 aliphatic carbocycles. The summed E-state index contributed by atoms with van der Waals surface area (Å²) in [5.41, 5.74) is 8.28. The lowest BCUT2D eigenvalue weighted by molar-refractivity contribution is -0.135. The van der Waals surface area contributed by atoms with Crippen molar-refractivity contribution in [3.63, 3.8) is 0 Å². The maximum Gasteiger partial charge on any atom is 0.240 e. The number of carbonyl (C=O) groups excluding carboxylic acids is 1. The second kappa shape index (κ2) is 6.89. The summed E-state index contributed by atoms with van der Waals surface area (Å²) in [4.78, 5) is 14.4. The van der Waals surface area contributed by atoms with Gasteiger partial charge in [0.15, 0.2) is 0 Å². The molecule has 0 unspecified atom stereocenters. The summed E-state index contributed by atoms with van der Waals surface area (Å²) >= 11 is 0. The van der Waals surface area contributed by atoms with Crippen molar-refractivity contribution in [1.82, 2.24) is 4.90 Å². The van der Waals surface area contributed by atoms with Crippen molar-refractivity contribution in [1.29, 1.82) is 0 Å². The van der Waals surface area contributed by atoms with Gasteiger partial charge in [-0.05, 0) is 24.3 Å². The highest BCUT2D eigenvalue weighted by molar-refractivity contribution is 5.82. The molecule has 3 heteroatoms. The van der Waals surface area contributed by atoms with E-state index in [2.05, 4.69) is 38.1 Å². The Labute approximate surface area is 123 Å². The van der Waals surface area contributed by atoms with E-state index in [1.165, 1.54) is 5.56 Å². The Morgan fingerprint density at radius 3 is 2.25 bits per heavy atom. The molecule has 1 rings (SSSR count).